The minimum absolute atomic E-state index is 0.132. The Balaban J connectivity index is 1.77. The summed E-state index contributed by atoms with van der Waals surface area (Å²) in [5.74, 6) is 4.02. The zero-order valence-electron chi connectivity index (χ0n) is 11.6. The van der Waals surface area contributed by atoms with Gasteiger partial charge < -0.3 is 5.73 Å². The molecule has 2 bridgehead atoms. The predicted octanol–water partition coefficient (Wildman–Crippen LogP) is 3.74. The lowest BCUT2D eigenvalue weighted by Crippen LogP contribution is -2.65. The Hall–Kier alpha value is -0.300. The van der Waals surface area contributed by atoms with Crippen molar-refractivity contribution in [2.45, 2.75) is 58.4 Å². The highest BCUT2D eigenvalue weighted by Crippen LogP contribution is 2.65. The molecule has 1 saturated carbocycles. The van der Waals surface area contributed by atoms with E-state index in [0.29, 0.717) is 0 Å². The molecule has 0 heterocycles. The lowest BCUT2D eigenvalue weighted by Gasteiger charge is -2.58. The summed E-state index contributed by atoms with van der Waals surface area (Å²) >= 11 is 0. The van der Waals surface area contributed by atoms with Gasteiger partial charge in [-0.3, -0.25) is 0 Å². The van der Waals surface area contributed by atoms with Crippen molar-refractivity contribution >= 4 is 0 Å². The molecule has 96 valence electrons. The average Bonchev–Trinajstić information content (AvgIpc) is 2.78. The Morgan fingerprint density at radius 3 is 2.82 bits per heavy atom. The van der Waals surface area contributed by atoms with E-state index in [9.17, 15) is 0 Å². The van der Waals surface area contributed by atoms with E-state index in [0.717, 1.165) is 29.6 Å². The quantitative estimate of drug-likeness (QED) is 0.735. The number of nitrogens with two attached hydrogens (primary N) is 1. The normalized spacial score (nSPS) is 47.0. The molecule has 1 fully saturated rings. The van der Waals surface area contributed by atoms with Crippen molar-refractivity contribution in [2.24, 2.45) is 35.3 Å². The number of hydrogen-bond donors (Lipinski definition) is 1. The molecule has 1 nitrogen and oxygen atoms in total. The van der Waals surface area contributed by atoms with Gasteiger partial charge in [0.2, 0.25) is 0 Å². The van der Waals surface area contributed by atoms with Gasteiger partial charge in [-0.25, -0.2) is 0 Å². The van der Waals surface area contributed by atoms with E-state index in [4.69, 9.17) is 5.73 Å². The monoisotopic (exact) mass is 233 g/mol. The Morgan fingerprint density at radius 1 is 1.41 bits per heavy atom. The molecular formula is C16H27N. The van der Waals surface area contributed by atoms with Crippen LogP contribution < -0.4 is 5.73 Å². The Bertz CT molecular complexity index is 343. The van der Waals surface area contributed by atoms with E-state index in [2.05, 4.69) is 26.8 Å². The van der Waals surface area contributed by atoms with Crippen molar-refractivity contribution < 1.29 is 0 Å². The maximum Gasteiger partial charge on any atom is 0.0434 e. The van der Waals surface area contributed by atoms with Crippen LogP contribution in [0.3, 0.4) is 0 Å². The van der Waals surface area contributed by atoms with Gasteiger partial charge in [-0.15, -0.1) is 0 Å². The average molecular weight is 233 g/mol. The van der Waals surface area contributed by atoms with Gasteiger partial charge in [-0.1, -0.05) is 45.3 Å². The van der Waals surface area contributed by atoms with Crippen molar-refractivity contribution in [3.05, 3.63) is 11.6 Å². The van der Waals surface area contributed by atoms with Gasteiger partial charge in [0.1, 0.15) is 0 Å². The summed E-state index contributed by atoms with van der Waals surface area (Å²) in [6.07, 6.45) is 9.41. The van der Waals surface area contributed by atoms with Crippen LogP contribution in [0.5, 0.6) is 0 Å². The molecule has 3 aliphatic carbocycles. The number of rotatable bonds is 4. The second-order valence-corrected chi connectivity index (χ2v) is 6.99. The van der Waals surface area contributed by atoms with E-state index in [1.54, 1.807) is 5.57 Å². The van der Waals surface area contributed by atoms with Gasteiger partial charge >= 0.3 is 0 Å². The first-order valence-corrected chi connectivity index (χ1v) is 7.60. The fraction of sp³-hybridized carbons (Fsp3) is 0.875. The summed E-state index contributed by atoms with van der Waals surface area (Å²) in [5, 5.41) is 0. The third-order valence-electron chi connectivity index (χ3n) is 5.87. The second kappa shape index (κ2) is 3.85. The molecule has 0 aromatic heterocycles. The minimum Gasteiger partial charge on any atom is -0.321 e. The molecule has 0 aromatic rings. The molecule has 0 spiro atoms. The summed E-state index contributed by atoms with van der Waals surface area (Å²) in [5.41, 5.74) is 8.63. The lowest BCUT2D eigenvalue weighted by molar-refractivity contribution is 0.00608. The highest BCUT2D eigenvalue weighted by molar-refractivity contribution is 5.42. The first-order chi connectivity index (χ1) is 8.09. The molecule has 0 radical (unpaired) electrons. The molecule has 5 atom stereocenters. The van der Waals surface area contributed by atoms with E-state index in [1.807, 2.05) is 0 Å². The summed E-state index contributed by atoms with van der Waals surface area (Å²) in [6, 6.07) is 0. The fourth-order valence-corrected chi connectivity index (χ4v) is 4.84. The molecule has 3 rings (SSSR count). The van der Waals surface area contributed by atoms with Gasteiger partial charge in [0, 0.05) is 5.54 Å². The van der Waals surface area contributed by atoms with Crippen LogP contribution in [-0.4, -0.2) is 5.54 Å². The van der Waals surface area contributed by atoms with Crippen molar-refractivity contribution in [1.29, 1.82) is 0 Å². The summed E-state index contributed by atoms with van der Waals surface area (Å²) in [4.78, 5) is 0. The van der Waals surface area contributed by atoms with Crippen LogP contribution in [0.4, 0.5) is 0 Å². The smallest absolute Gasteiger partial charge is 0.0434 e. The SMILES string of the molecule is CCCCC1CC2C3C=C(C(C(C)C)C3)C12N. The topological polar surface area (TPSA) is 26.0 Å². The maximum absolute atomic E-state index is 6.84. The molecule has 2 N–H and O–H groups in total. The van der Waals surface area contributed by atoms with Crippen molar-refractivity contribution in [3.63, 3.8) is 0 Å². The first kappa shape index (κ1) is 11.8. The second-order valence-electron chi connectivity index (χ2n) is 6.99. The van der Waals surface area contributed by atoms with E-state index < -0.39 is 0 Å². The van der Waals surface area contributed by atoms with Crippen LogP contribution in [0.15, 0.2) is 11.6 Å². The van der Waals surface area contributed by atoms with E-state index in [1.165, 1.54) is 32.1 Å². The molecule has 17 heavy (non-hydrogen) atoms. The Morgan fingerprint density at radius 2 is 2.18 bits per heavy atom. The third kappa shape index (κ3) is 1.41. The van der Waals surface area contributed by atoms with Crippen molar-refractivity contribution in [1.82, 2.24) is 0 Å². The third-order valence-corrected chi connectivity index (χ3v) is 5.87. The molecule has 0 aromatic carbocycles. The Labute approximate surface area is 106 Å². The maximum atomic E-state index is 6.84. The van der Waals surface area contributed by atoms with Crippen LogP contribution in [0.1, 0.15) is 52.9 Å². The van der Waals surface area contributed by atoms with Crippen LogP contribution in [-0.2, 0) is 0 Å². The van der Waals surface area contributed by atoms with Crippen LogP contribution in [0.25, 0.3) is 0 Å². The molecular weight excluding hydrogens is 206 g/mol. The van der Waals surface area contributed by atoms with E-state index >= 15 is 0 Å². The van der Waals surface area contributed by atoms with Gasteiger partial charge in [-0.05, 0) is 48.9 Å². The number of unbranched alkanes of at least 4 members (excludes halogenated alkanes) is 1. The highest BCUT2D eigenvalue weighted by Gasteiger charge is 2.64. The Kier molecular flexibility index (Phi) is 2.66. The molecule has 3 aliphatic rings. The standard InChI is InChI=1S/C16H27N/c1-4-5-6-12-9-14-11-7-13(10(2)3)15(8-11)16(12,14)17/h8,10-14H,4-7,9,17H2,1-3H3. The largest absolute Gasteiger partial charge is 0.321 e. The minimum atomic E-state index is 0.132. The molecule has 0 amide bonds. The number of fused-ring (bicyclic) bond motifs is 4. The van der Waals surface area contributed by atoms with Gasteiger partial charge in [0.05, 0.1) is 0 Å². The molecule has 0 aliphatic heterocycles. The van der Waals surface area contributed by atoms with Gasteiger partial charge in [0.15, 0.2) is 0 Å². The van der Waals surface area contributed by atoms with Crippen LogP contribution >= 0.6 is 0 Å². The van der Waals surface area contributed by atoms with Crippen LogP contribution in [0, 0.1) is 29.6 Å². The van der Waals surface area contributed by atoms with E-state index in [-0.39, 0.29) is 5.54 Å². The molecule has 5 unspecified atom stereocenters. The number of hydrogen-bond acceptors (Lipinski definition) is 1. The lowest BCUT2D eigenvalue weighted by atomic mass is 9.49. The zero-order valence-corrected chi connectivity index (χ0v) is 11.6. The van der Waals surface area contributed by atoms with Gasteiger partial charge in [0.25, 0.3) is 0 Å². The van der Waals surface area contributed by atoms with Crippen molar-refractivity contribution in [3.8, 4) is 0 Å². The summed E-state index contributed by atoms with van der Waals surface area (Å²) in [6.45, 7) is 7.02. The fourth-order valence-electron chi connectivity index (χ4n) is 4.84. The van der Waals surface area contributed by atoms with Gasteiger partial charge in [-0.2, -0.15) is 0 Å². The summed E-state index contributed by atoms with van der Waals surface area (Å²) in [7, 11) is 0. The van der Waals surface area contributed by atoms with Crippen LogP contribution in [0.2, 0.25) is 0 Å². The first-order valence-electron chi connectivity index (χ1n) is 7.60. The zero-order chi connectivity index (χ0) is 12.2. The summed E-state index contributed by atoms with van der Waals surface area (Å²) < 4.78 is 0. The molecule has 0 saturated heterocycles. The number of allylic oxidation sites excluding steroid dienone is 1. The molecule has 1 heteroatoms. The predicted molar refractivity (Wildman–Crippen MR) is 72.6 cm³/mol. The highest BCUT2D eigenvalue weighted by atomic mass is 14.9. The van der Waals surface area contributed by atoms with Crippen molar-refractivity contribution in [2.75, 3.05) is 0 Å².